The highest BCUT2D eigenvalue weighted by atomic mass is 35.5. The van der Waals surface area contributed by atoms with Crippen LogP contribution in [-0.4, -0.2) is 26.7 Å². The number of nitrogens with one attached hydrogen (secondary N) is 2. The molecule has 0 aliphatic rings. The van der Waals surface area contributed by atoms with Gasteiger partial charge in [-0.1, -0.05) is 11.6 Å². The highest BCUT2D eigenvalue weighted by molar-refractivity contribution is 6.29. The molecular weight excluding hydrogens is 295 g/mol. The van der Waals surface area contributed by atoms with Gasteiger partial charge in [-0.05, 0) is 18.6 Å². The fourth-order valence-electron chi connectivity index (χ4n) is 1.57. The number of aromatic nitrogens is 4. The molecule has 0 saturated heterocycles. The predicted octanol–water partition coefficient (Wildman–Crippen LogP) is 2.92. The highest BCUT2D eigenvalue weighted by Gasteiger charge is 2.31. The second-order valence-electron chi connectivity index (χ2n) is 4.02. The maximum Gasteiger partial charge on any atom is 0.416 e. The number of alkyl halides is 3. The number of hydrogen-bond donors (Lipinski definition) is 2. The van der Waals surface area contributed by atoms with Crippen molar-refractivity contribution >= 4 is 17.4 Å². The molecule has 0 amide bonds. The summed E-state index contributed by atoms with van der Waals surface area (Å²) >= 11 is 5.58. The Morgan fingerprint density at radius 2 is 2.10 bits per heavy atom. The molecule has 0 unspecified atom stereocenters. The molecular formula is C11H11ClF3N5. The van der Waals surface area contributed by atoms with Crippen molar-refractivity contribution in [1.82, 2.24) is 20.2 Å². The molecule has 2 heterocycles. The lowest BCUT2D eigenvalue weighted by atomic mass is 10.2. The third-order valence-corrected chi connectivity index (χ3v) is 2.68. The summed E-state index contributed by atoms with van der Waals surface area (Å²) in [6.07, 6.45) is -1.73. The summed E-state index contributed by atoms with van der Waals surface area (Å²) in [5, 5.41) is 9.00. The zero-order valence-electron chi connectivity index (χ0n) is 10.2. The van der Waals surface area contributed by atoms with E-state index in [2.05, 4.69) is 25.5 Å². The number of aromatic amines is 1. The molecule has 0 bridgehead atoms. The van der Waals surface area contributed by atoms with Crippen molar-refractivity contribution in [2.24, 2.45) is 0 Å². The number of aryl methyl sites for hydroxylation is 1. The Labute approximate surface area is 117 Å². The first-order valence-corrected chi connectivity index (χ1v) is 6.16. The molecule has 0 fully saturated rings. The van der Waals surface area contributed by atoms with Gasteiger partial charge in [-0.15, -0.1) is 0 Å². The van der Waals surface area contributed by atoms with Crippen LogP contribution in [0.2, 0.25) is 5.15 Å². The molecule has 2 rings (SSSR count). The number of hydrogen-bond acceptors (Lipinski definition) is 4. The second-order valence-corrected chi connectivity index (χ2v) is 4.41. The second kappa shape index (κ2) is 6.08. The van der Waals surface area contributed by atoms with Gasteiger partial charge in [0.1, 0.15) is 23.1 Å². The smallest absolute Gasteiger partial charge is 0.370 e. The molecule has 9 heteroatoms. The molecule has 0 aromatic carbocycles. The number of anilines is 1. The van der Waals surface area contributed by atoms with Crippen LogP contribution in [0.25, 0.3) is 0 Å². The number of H-pyrrole nitrogens is 1. The number of pyridine rings is 1. The van der Waals surface area contributed by atoms with Gasteiger partial charge in [0, 0.05) is 13.0 Å². The van der Waals surface area contributed by atoms with Gasteiger partial charge >= 0.3 is 6.18 Å². The standard InChI is InChI=1S/C11H11ClF3N5/c12-8-4-7(11(13,14)15)5-10(19-8)16-3-1-2-9-17-6-18-20-9/h4-6H,1-3H2,(H,16,19)(H,17,18,20). The van der Waals surface area contributed by atoms with E-state index in [4.69, 9.17) is 11.6 Å². The molecule has 0 saturated carbocycles. The molecule has 2 aromatic rings. The van der Waals surface area contributed by atoms with Crippen LogP contribution < -0.4 is 5.32 Å². The summed E-state index contributed by atoms with van der Waals surface area (Å²) < 4.78 is 37.8. The molecule has 5 nitrogen and oxygen atoms in total. The summed E-state index contributed by atoms with van der Waals surface area (Å²) in [6.45, 7) is 0.450. The minimum absolute atomic E-state index is 0.0994. The molecule has 0 spiro atoms. The third-order valence-electron chi connectivity index (χ3n) is 2.48. The zero-order valence-corrected chi connectivity index (χ0v) is 11.0. The zero-order chi connectivity index (χ0) is 14.6. The summed E-state index contributed by atoms with van der Waals surface area (Å²) in [5.74, 6) is 0.823. The van der Waals surface area contributed by atoms with E-state index < -0.39 is 11.7 Å². The van der Waals surface area contributed by atoms with Crippen LogP contribution in [0.4, 0.5) is 19.0 Å². The molecule has 20 heavy (non-hydrogen) atoms. The SMILES string of the molecule is FC(F)(F)c1cc(Cl)nc(NCCCc2ncn[nH]2)c1. The summed E-state index contributed by atoms with van der Waals surface area (Å²) in [5.41, 5.74) is -0.824. The van der Waals surface area contributed by atoms with Crippen LogP contribution in [0.1, 0.15) is 17.8 Å². The lowest BCUT2D eigenvalue weighted by molar-refractivity contribution is -0.137. The maximum absolute atomic E-state index is 12.6. The Hall–Kier alpha value is -1.83. The van der Waals surface area contributed by atoms with Crippen molar-refractivity contribution in [3.05, 3.63) is 35.0 Å². The third kappa shape index (κ3) is 4.09. The summed E-state index contributed by atoms with van der Waals surface area (Å²) in [6, 6.07) is 1.72. The van der Waals surface area contributed by atoms with Crippen LogP contribution in [0, 0.1) is 0 Å². The number of nitrogens with zero attached hydrogens (tertiary/aromatic N) is 3. The largest absolute Gasteiger partial charge is 0.416 e. The first-order chi connectivity index (χ1) is 9.45. The Morgan fingerprint density at radius 3 is 2.75 bits per heavy atom. The average Bonchev–Trinajstić information content (AvgIpc) is 2.86. The molecule has 0 aliphatic carbocycles. The van der Waals surface area contributed by atoms with Crippen LogP contribution in [0.5, 0.6) is 0 Å². The molecule has 2 aromatic heterocycles. The molecule has 0 aliphatic heterocycles. The van der Waals surface area contributed by atoms with E-state index in [1.165, 1.54) is 6.33 Å². The van der Waals surface area contributed by atoms with Crippen molar-refractivity contribution in [2.75, 3.05) is 11.9 Å². The monoisotopic (exact) mass is 305 g/mol. The van der Waals surface area contributed by atoms with E-state index in [9.17, 15) is 13.2 Å². The fraction of sp³-hybridized carbons (Fsp3) is 0.364. The Kier molecular flexibility index (Phi) is 4.43. The van der Waals surface area contributed by atoms with Crippen molar-refractivity contribution in [3.8, 4) is 0 Å². The van der Waals surface area contributed by atoms with E-state index in [0.717, 1.165) is 18.0 Å². The van der Waals surface area contributed by atoms with Gasteiger partial charge in [0.15, 0.2) is 0 Å². The first kappa shape index (κ1) is 14.6. The van der Waals surface area contributed by atoms with Crippen LogP contribution in [-0.2, 0) is 12.6 Å². The summed E-state index contributed by atoms with van der Waals surface area (Å²) in [7, 11) is 0. The quantitative estimate of drug-likeness (QED) is 0.658. The van der Waals surface area contributed by atoms with E-state index in [-0.39, 0.29) is 11.0 Å². The van der Waals surface area contributed by atoms with Crippen molar-refractivity contribution in [1.29, 1.82) is 0 Å². The maximum atomic E-state index is 12.6. The van der Waals surface area contributed by atoms with E-state index in [0.29, 0.717) is 19.4 Å². The fourth-order valence-corrected chi connectivity index (χ4v) is 1.78. The Balaban J connectivity index is 1.91. The van der Waals surface area contributed by atoms with Crippen molar-refractivity contribution < 1.29 is 13.2 Å². The molecule has 0 atom stereocenters. The molecule has 2 N–H and O–H groups in total. The van der Waals surface area contributed by atoms with Gasteiger partial charge in [-0.25, -0.2) is 9.97 Å². The van der Waals surface area contributed by atoms with E-state index in [1.54, 1.807) is 0 Å². The highest BCUT2D eigenvalue weighted by Crippen LogP contribution is 2.31. The van der Waals surface area contributed by atoms with Crippen LogP contribution in [0.3, 0.4) is 0 Å². The van der Waals surface area contributed by atoms with Gasteiger partial charge in [0.2, 0.25) is 0 Å². The number of rotatable bonds is 5. The van der Waals surface area contributed by atoms with Crippen molar-refractivity contribution in [2.45, 2.75) is 19.0 Å². The van der Waals surface area contributed by atoms with E-state index in [1.807, 2.05) is 0 Å². The van der Waals surface area contributed by atoms with Gasteiger partial charge in [0.25, 0.3) is 0 Å². The Bertz CT molecular complexity index is 556. The summed E-state index contributed by atoms with van der Waals surface area (Å²) in [4.78, 5) is 7.74. The first-order valence-electron chi connectivity index (χ1n) is 5.78. The molecule has 0 radical (unpaired) electrons. The normalized spacial score (nSPS) is 11.6. The van der Waals surface area contributed by atoms with Gasteiger partial charge in [-0.2, -0.15) is 18.3 Å². The van der Waals surface area contributed by atoms with Crippen molar-refractivity contribution in [3.63, 3.8) is 0 Å². The van der Waals surface area contributed by atoms with Gasteiger partial charge in [-0.3, -0.25) is 5.10 Å². The predicted molar refractivity (Wildman–Crippen MR) is 67.4 cm³/mol. The molecule has 108 valence electrons. The van der Waals surface area contributed by atoms with E-state index >= 15 is 0 Å². The lowest BCUT2D eigenvalue weighted by Crippen LogP contribution is -2.09. The minimum Gasteiger partial charge on any atom is -0.370 e. The topological polar surface area (TPSA) is 66.5 Å². The average molecular weight is 306 g/mol. The van der Waals surface area contributed by atoms with Crippen LogP contribution in [0.15, 0.2) is 18.5 Å². The van der Waals surface area contributed by atoms with Gasteiger partial charge in [0.05, 0.1) is 5.56 Å². The Morgan fingerprint density at radius 1 is 1.30 bits per heavy atom. The number of halogens is 4. The minimum atomic E-state index is -4.44. The van der Waals surface area contributed by atoms with Crippen LogP contribution >= 0.6 is 11.6 Å². The van der Waals surface area contributed by atoms with Gasteiger partial charge < -0.3 is 5.32 Å². The lowest BCUT2D eigenvalue weighted by Gasteiger charge is -2.10.